The van der Waals surface area contributed by atoms with Crippen molar-refractivity contribution in [3.8, 4) is 10.7 Å². The zero-order chi connectivity index (χ0) is 18.6. The van der Waals surface area contributed by atoms with Crippen molar-refractivity contribution >= 4 is 29.7 Å². The monoisotopic (exact) mass is 419 g/mol. The Kier molecular flexibility index (Phi) is 6.79. The molecule has 1 saturated heterocycles. The Morgan fingerprint density at radius 1 is 1.14 bits per heavy atom. The first-order valence-electron chi connectivity index (χ1n) is 8.90. The number of hydrogen-bond donors (Lipinski definition) is 1. The molecule has 28 heavy (non-hydrogen) atoms. The number of hydrogen-bond acceptors (Lipinski definition) is 7. The highest BCUT2D eigenvalue weighted by atomic mass is 35.5. The predicted octanol–water partition coefficient (Wildman–Crippen LogP) is 2.64. The van der Waals surface area contributed by atoms with Crippen molar-refractivity contribution in [2.75, 3.05) is 26.2 Å². The molecule has 2 aromatic heterocycles. The Morgan fingerprint density at radius 2 is 1.89 bits per heavy atom. The lowest BCUT2D eigenvalue weighted by atomic mass is 10.1. The first-order chi connectivity index (χ1) is 13.2. The minimum absolute atomic E-state index is 0. The van der Waals surface area contributed by atoms with Crippen LogP contribution < -0.4 is 5.73 Å². The Balaban J connectivity index is 0.00000225. The Hall–Kier alpha value is -2.26. The largest absolute Gasteiger partial charge is 0.338 e. The van der Waals surface area contributed by atoms with E-state index in [-0.39, 0.29) is 18.3 Å². The van der Waals surface area contributed by atoms with Gasteiger partial charge in [-0.05, 0) is 29.1 Å². The lowest BCUT2D eigenvalue weighted by Crippen LogP contribution is -2.48. The summed E-state index contributed by atoms with van der Waals surface area (Å²) in [5.74, 6) is 1.31. The minimum atomic E-state index is 0. The van der Waals surface area contributed by atoms with Gasteiger partial charge in [-0.3, -0.25) is 9.69 Å². The number of piperazine rings is 1. The van der Waals surface area contributed by atoms with Gasteiger partial charge in [-0.2, -0.15) is 4.98 Å². The molecule has 0 saturated carbocycles. The lowest BCUT2D eigenvalue weighted by molar-refractivity contribution is 0.0615. The van der Waals surface area contributed by atoms with Crippen LogP contribution in [0.25, 0.3) is 10.7 Å². The van der Waals surface area contributed by atoms with Gasteiger partial charge in [0, 0.05) is 38.3 Å². The van der Waals surface area contributed by atoms with Gasteiger partial charge >= 0.3 is 0 Å². The summed E-state index contributed by atoms with van der Waals surface area (Å²) in [6, 6.07) is 11.5. The molecule has 1 aromatic carbocycles. The van der Waals surface area contributed by atoms with Gasteiger partial charge in [0.15, 0.2) is 0 Å². The zero-order valence-corrected chi connectivity index (χ0v) is 16.9. The van der Waals surface area contributed by atoms with E-state index in [1.807, 2.05) is 46.7 Å². The highest BCUT2D eigenvalue weighted by Crippen LogP contribution is 2.21. The fourth-order valence-corrected chi connectivity index (χ4v) is 3.74. The SMILES string of the molecule is Cl.NCc1ccc(C(=O)N2CCN(Cc3nc(-c4cccs4)no3)CC2)cc1. The number of nitrogens with two attached hydrogens (primary N) is 1. The molecule has 1 fully saturated rings. The molecule has 0 aliphatic carbocycles. The number of carbonyl (C=O) groups excluding carboxylic acids is 1. The molecule has 0 unspecified atom stereocenters. The van der Waals surface area contributed by atoms with Crippen molar-refractivity contribution in [1.82, 2.24) is 19.9 Å². The van der Waals surface area contributed by atoms with Gasteiger partial charge in [0.2, 0.25) is 11.7 Å². The smallest absolute Gasteiger partial charge is 0.253 e. The van der Waals surface area contributed by atoms with Gasteiger partial charge in [0.05, 0.1) is 11.4 Å². The van der Waals surface area contributed by atoms with Crippen molar-refractivity contribution in [3.63, 3.8) is 0 Å². The van der Waals surface area contributed by atoms with Gasteiger partial charge in [0.1, 0.15) is 0 Å². The van der Waals surface area contributed by atoms with Crippen LogP contribution in [0.5, 0.6) is 0 Å². The third kappa shape index (κ3) is 4.59. The van der Waals surface area contributed by atoms with Crippen molar-refractivity contribution in [2.24, 2.45) is 5.73 Å². The summed E-state index contributed by atoms with van der Waals surface area (Å²) in [7, 11) is 0. The molecule has 0 atom stereocenters. The van der Waals surface area contributed by atoms with Crippen LogP contribution in [0.3, 0.4) is 0 Å². The van der Waals surface area contributed by atoms with Crippen LogP contribution in [-0.2, 0) is 13.1 Å². The molecule has 2 N–H and O–H groups in total. The Labute approximate surface area is 173 Å². The van der Waals surface area contributed by atoms with Crippen LogP contribution in [-0.4, -0.2) is 52.0 Å². The zero-order valence-electron chi connectivity index (χ0n) is 15.3. The molecule has 0 radical (unpaired) electrons. The highest BCUT2D eigenvalue weighted by molar-refractivity contribution is 7.13. The quantitative estimate of drug-likeness (QED) is 0.683. The minimum Gasteiger partial charge on any atom is -0.338 e. The number of carbonyl (C=O) groups is 1. The molecule has 7 nitrogen and oxygen atoms in total. The second kappa shape index (κ2) is 9.29. The summed E-state index contributed by atoms with van der Waals surface area (Å²) < 4.78 is 5.37. The number of aromatic nitrogens is 2. The number of thiophene rings is 1. The van der Waals surface area contributed by atoms with Crippen molar-refractivity contribution in [1.29, 1.82) is 0 Å². The molecule has 3 heterocycles. The molecule has 4 rings (SSSR count). The molecule has 148 valence electrons. The number of nitrogens with zero attached hydrogens (tertiary/aromatic N) is 4. The van der Waals surface area contributed by atoms with Crippen LogP contribution in [0.1, 0.15) is 21.8 Å². The maximum Gasteiger partial charge on any atom is 0.253 e. The van der Waals surface area contributed by atoms with Crippen molar-refractivity contribution in [2.45, 2.75) is 13.1 Å². The van der Waals surface area contributed by atoms with E-state index in [0.717, 1.165) is 23.5 Å². The van der Waals surface area contributed by atoms with Crippen LogP contribution >= 0.6 is 23.7 Å². The van der Waals surface area contributed by atoms with E-state index in [1.54, 1.807) is 11.3 Å². The topological polar surface area (TPSA) is 88.5 Å². The van der Waals surface area contributed by atoms with E-state index in [2.05, 4.69) is 15.0 Å². The predicted molar refractivity (Wildman–Crippen MR) is 110 cm³/mol. The summed E-state index contributed by atoms with van der Waals surface area (Å²) in [5.41, 5.74) is 7.34. The number of benzene rings is 1. The van der Waals surface area contributed by atoms with Crippen LogP contribution in [0.15, 0.2) is 46.3 Å². The van der Waals surface area contributed by atoms with E-state index >= 15 is 0 Å². The van der Waals surface area contributed by atoms with Crippen molar-refractivity contribution < 1.29 is 9.32 Å². The molecule has 0 spiro atoms. The highest BCUT2D eigenvalue weighted by Gasteiger charge is 2.23. The molecule has 1 amide bonds. The summed E-state index contributed by atoms with van der Waals surface area (Å²) in [4.78, 5) is 22.2. The Bertz CT molecular complexity index is 889. The van der Waals surface area contributed by atoms with Crippen LogP contribution in [0, 0.1) is 0 Å². The molecule has 1 aliphatic rings. The van der Waals surface area contributed by atoms with Crippen LogP contribution in [0.4, 0.5) is 0 Å². The fourth-order valence-electron chi connectivity index (χ4n) is 3.09. The van der Waals surface area contributed by atoms with Gasteiger partial charge in [0.25, 0.3) is 5.91 Å². The summed E-state index contributed by atoms with van der Waals surface area (Å²) in [6.45, 7) is 4.02. The summed E-state index contributed by atoms with van der Waals surface area (Å²) in [6.07, 6.45) is 0. The molecular weight excluding hydrogens is 398 g/mol. The maximum absolute atomic E-state index is 12.6. The maximum atomic E-state index is 12.6. The molecule has 1 aliphatic heterocycles. The first kappa shape index (κ1) is 20.5. The number of amides is 1. The first-order valence-corrected chi connectivity index (χ1v) is 9.78. The fraction of sp³-hybridized carbons (Fsp3) is 0.316. The third-order valence-electron chi connectivity index (χ3n) is 4.66. The molecule has 0 bridgehead atoms. The third-order valence-corrected chi connectivity index (χ3v) is 5.53. The van der Waals surface area contributed by atoms with E-state index in [1.165, 1.54) is 0 Å². The molecular formula is C19H22ClN5O2S. The summed E-state index contributed by atoms with van der Waals surface area (Å²) >= 11 is 1.59. The van der Waals surface area contributed by atoms with E-state index in [0.29, 0.717) is 43.5 Å². The van der Waals surface area contributed by atoms with Gasteiger partial charge in [-0.25, -0.2) is 0 Å². The van der Waals surface area contributed by atoms with E-state index < -0.39 is 0 Å². The average molecular weight is 420 g/mol. The van der Waals surface area contributed by atoms with Gasteiger partial charge in [-0.1, -0.05) is 23.4 Å². The lowest BCUT2D eigenvalue weighted by Gasteiger charge is -2.34. The normalized spacial score (nSPS) is 14.7. The second-order valence-electron chi connectivity index (χ2n) is 6.46. The van der Waals surface area contributed by atoms with Gasteiger partial charge < -0.3 is 15.2 Å². The van der Waals surface area contributed by atoms with Gasteiger partial charge in [-0.15, -0.1) is 23.7 Å². The number of rotatable bonds is 5. The average Bonchev–Trinajstić information content (AvgIpc) is 3.40. The molecule has 9 heteroatoms. The van der Waals surface area contributed by atoms with Crippen molar-refractivity contribution in [3.05, 3.63) is 58.8 Å². The molecule has 3 aromatic rings. The second-order valence-corrected chi connectivity index (χ2v) is 7.41. The van der Waals surface area contributed by atoms with E-state index in [9.17, 15) is 4.79 Å². The Morgan fingerprint density at radius 3 is 2.54 bits per heavy atom. The standard InChI is InChI=1S/C19H21N5O2S.ClH/c20-12-14-3-5-15(6-4-14)19(25)24-9-7-23(8-10-24)13-17-21-18(22-26-17)16-2-1-11-27-16;/h1-6,11H,7-10,12-13,20H2;1H. The van der Waals surface area contributed by atoms with E-state index in [4.69, 9.17) is 10.3 Å². The van der Waals surface area contributed by atoms with Crippen LogP contribution in [0.2, 0.25) is 0 Å². The number of halogens is 1. The summed E-state index contributed by atoms with van der Waals surface area (Å²) in [5, 5.41) is 6.04.